The van der Waals surface area contributed by atoms with Gasteiger partial charge in [0.15, 0.2) is 0 Å². The minimum Gasteiger partial charge on any atom is -0.465 e. The number of rotatable bonds is 9. The van der Waals surface area contributed by atoms with Crippen LogP contribution in [0.4, 0.5) is 0 Å². The number of piperidine rings is 1. The summed E-state index contributed by atoms with van der Waals surface area (Å²) in [5.41, 5.74) is 1.31. The zero-order chi connectivity index (χ0) is 19.9. The van der Waals surface area contributed by atoms with Crippen LogP contribution in [-0.2, 0) is 6.42 Å². The lowest BCUT2D eigenvalue weighted by Gasteiger charge is -2.24. The number of aryl methyl sites for hydroxylation is 1. The van der Waals surface area contributed by atoms with Crippen LogP contribution in [0.1, 0.15) is 61.4 Å². The van der Waals surface area contributed by atoms with Gasteiger partial charge in [-0.15, -0.1) is 11.3 Å². The van der Waals surface area contributed by atoms with Crippen molar-refractivity contribution < 1.29 is 9.15 Å². The molecule has 4 rings (SSSR count). The fraction of sp³-hybridized carbons (Fsp3) is 0.458. The fourth-order valence-corrected chi connectivity index (χ4v) is 4.77. The van der Waals surface area contributed by atoms with Crippen LogP contribution in [0.15, 0.2) is 51.0 Å². The van der Waals surface area contributed by atoms with Gasteiger partial charge in [0.2, 0.25) is 5.43 Å². The molecule has 2 aromatic heterocycles. The molecule has 1 unspecified atom stereocenters. The highest BCUT2D eigenvalue weighted by molar-refractivity contribution is 7.09. The molecule has 0 amide bonds. The Kier molecular flexibility index (Phi) is 7.01. The normalized spacial score (nSPS) is 16.9. The molecule has 5 heteroatoms. The van der Waals surface area contributed by atoms with Gasteiger partial charge in [0, 0.05) is 10.9 Å². The molecule has 0 saturated carbocycles. The minimum atomic E-state index is 0.0189. The van der Waals surface area contributed by atoms with Gasteiger partial charge in [-0.05, 0) is 62.2 Å². The van der Waals surface area contributed by atoms with Crippen LogP contribution in [0, 0.1) is 0 Å². The standard InChI is InChI=1S/C24H29NO3S/c26-23-19-12-4-5-14-21(19)28-24(22(23)20-13-6-7-15-25-20)27-16-8-2-1-3-10-18-11-9-17-29-18/h4-5,9,11-12,14,17,20,25H,1-3,6-8,10,13,15-16H2. The second kappa shape index (κ2) is 10.1. The zero-order valence-electron chi connectivity index (χ0n) is 16.8. The Bertz CT molecular complexity index is 958. The van der Waals surface area contributed by atoms with Crippen LogP contribution in [0.2, 0.25) is 0 Å². The first-order chi connectivity index (χ1) is 14.3. The summed E-state index contributed by atoms with van der Waals surface area (Å²) in [6.07, 6.45) is 8.88. The van der Waals surface area contributed by atoms with Crippen molar-refractivity contribution in [2.45, 2.75) is 57.4 Å². The van der Waals surface area contributed by atoms with E-state index in [1.54, 1.807) is 0 Å². The lowest BCUT2D eigenvalue weighted by atomic mass is 9.97. The number of thiophene rings is 1. The van der Waals surface area contributed by atoms with Gasteiger partial charge < -0.3 is 14.5 Å². The molecule has 1 fully saturated rings. The Morgan fingerprint density at radius 2 is 1.97 bits per heavy atom. The summed E-state index contributed by atoms with van der Waals surface area (Å²) in [4.78, 5) is 14.6. The summed E-state index contributed by atoms with van der Waals surface area (Å²) in [6, 6.07) is 11.8. The first kappa shape index (κ1) is 20.2. The number of unbranched alkanes of at least 4 members (excludes halogenated alkanes) is 3. The van der Waals surface area contributed by atoms with Crippen molar-refractivity contribution in [3.05, 3.63) is 62.4 Å². The Morgan fingerprint density at radius 3 is 2.79 bits per heavy atom. The highest BCUT2D eigenvalue weighted by Crippen LogP contribution is 2.31. The fourth-order valence-electron chi connectivity index (χ4n) is 4.02. The number of nitrogens with one attached hydrogen (secondary N) is 1. The third-order valence-electron chi connectivity index (χ3n) is 5.59. The summed E-state index contributed by atoms with van der Waals surface area (Å²) in [5, 5.41) is 6.25. The van der Waals surface area contributed by atoms with Crippen LogP contribution in [0.5, 0.6) is 5.95 Å². The molecule has 1 N–H and O–H groups in total. The molecule has 154 valence electrons. The van der Waals surface area contributed by atoms with Crippen LogP contribution < -0.4 is 15.5 Å². The Labute approximate surface area is 175 Å². The molecule has 1 atom stereocenters. The van der Waals surface area contributed by atoms with Gasteiger partial charge in [-0.3, -0.25) is 4.79 Å². The quantitative estimate of drug-likeness (QED) is 0.449. The van der Waals surface area contributed by atoms with Crippen LogP contribution in [0.25, 0.3) is 11.0 Å². The number of benzene rings is 1. The Morgan fingerprint density at radius 1 is 1.07 bits per heavy atom. The number of hydrogen-bond donors (Lipinski definition) is 1. The first-order valence-corrected chi connectivity index (χ1v) is 11.7. The molecule has 1 aliphatic rings. The van der Waals surface area contributed by atoms with Gasteiger partial charge in [-0.1, -0.05) is 37.5 Å². The Hall–Kier alpha value is -2.11. The lowest BCUT2D eigenvalue weighted by Crippen LogP contribution is -2.31. The number of fused-ring (bicyclic) bond motifs is 1. The van der Waals surface area contributed by atoms with Crippen molar-refractivity contribution in [3.63, 3.8) is 0 Å². The average Bonchev–Trinajstić information content (AvgIpc) is 3.27. The molecule has 0 radical (unpaired) electrons. The van der Waals surface area contributed by atoms with Gasteiger partial charge in [-0.25, -0.2) is 0 Å². The number of hydrogen-bond acceptors (Lipinski definition) is 5. The molecule has 0 spiro atoms. The first-order valence-electron chi connectivity index (χ1n) is 10.8. The topological polar surface area (TPSA) is 51.5 Å². The van der Waals surface area contributed by atoms with E-state index in [1.165, 1.54) is 17.7 Å². The number of ether oxygens (including phenoxy) is 1. The highest BCUT2D eigenvalue weighted by Gasteiger charge is 2.25. The van der Waals surface area contributed by atoms with Crippen molar-refractivity contribution in [1.82, 2.24) is 5.32 Å². The maximum Gasteiger partial charge on any atom is 0.293 e. The van der Waals surface area contributed by atoms with Crippen molar-refractivity contribution in [2.75, 3.05) is 13.2 Å². The van der Waals surface area contributed by atoms with Gasteiger partial charge >= 0.3 is 0 Å². The largest absolute Gasteiger partial charge is 0.465 e. The molecular weight excluding hydrogens is 382 g/mol. The maximum absolute atomic E-state index is 13.2. The average molecular weight is 412 g/mol. The van der Waals surface area contributed by atoms with E-state index >= 15 is 0 Å². The highest BCUT2D eigenvalue weighted by atomic mass is 32.1. The van der Waals surface area contributed by atoms with Crippen LogP contribution in [0.3, 0.4) is 0 Å². The molecule has 3 aromatic rings. The molecule has 0 bridgehead atoms. The summed E-state index contributed by atoms with van der Waals surface area (Å²) >= 11 is 1.83. The molecule has 3 heterocycles. The van der Waals surface area contributed by atoms with E-state index in [4.69, 9.17) is 9.15 Å². The summed E-state index contributed by atoms with van der Waals surface area (Å²) in [7, 11) is 0. The van der Waals surface area contributed by atoms with Gasteiger partial charge in [0.05, 0.1) is 17.6 Å². The molecule has 1 saturated heterocycles. The van der Waals surface area contributed by atoms with Crippen molar-refractivity contribution >= 4 is 22.3 Å². The molecule has 1 aliphatic heterocycles. The predicted octanol–water partition coefficient (Wildman–Crippen LogP) is 5.85. The van der Waals surface area contributed by atoms with Gasteiger partial charge in [0.1, 0.15) is 5.58 Å². The van der Waals surface area contributed by atoms with Crippen molar-refractivity contribution in [1.29, 1.82) is 0 Å². The lowest BCUT2D eigenvalue weighted by molar-refractivity contribution is 0.228. The summed E-state index contributed by atoms with van der Waals surface area (Å²) in [6.45, 7) is 1.51. The van der Waals surface area contributed by atoms with Crippen molar-refractivity contribution in [2.24, 2.45) is 0 Å². The number of para-hydroxylation sites is 1. The Balaban J connectivity index is 1.38. The molecular formula is C24H29NO3S. The van der Waals surface area contributed by atoms with E-state index in [2.05, 4.69) is 22.8 Å². The van der Waals surface area contributed by atoms with E-state index in [1.807, 2.05) is 35.6 Å². The molecule has 1 aromatic carbocycles. The van der Waals surface area contributed by atoms with Crippen LogP contribution >= 0.6 is 11.3 Å². The summed E-state index contributed by atoms with van der Waals surface area (Å²) < 4.78 is 12.1. The minimum absolute atomic E-state index is 0.0189. The second-order valence-electron chi connectivity index (χ2n) is 7.72. The third kappa shape index (κ3) is 5.09. The smallest absolute Gasteiger partial charge is 0.293 e. The van der Waals surface area contributed by atoms with E-state index < -0.39 is 0 Å². The van der Waals surface area contributed by atoms with E-state index in [-0.39, 0.29) is 11.5 Å². The third-order valence-corrected chi connectivity index (χ3v) is 6.52. The predicted molar refractivity (Wildman–Crippen MR) is 119 cm³/mol. The van der Waals surface area contributed by atoms with E-state index in [9.17, 15) is 4.79 Å². The monoisotopic (exact) mass is 411 g/mol. The second-order valence-corrected chi connectivity index (χ2v) is 8.76. The van der Waals surface area contributed by atoms with Crippen molar-refractivity contribution in [3.8, 4) is 5.95 Å². The molecule has 4 nitrogen and oxygen atoms in total. The summed E-state index contributed by atoms with van der Waals surface area (Å²) in [5.74, 6) is 0.409. The van der Waals surface area contributed by atoms with E-state index in [0.29, 0.717) is 29.1 Å². The molecule has 0 aliphatic carbocycles. The van der Waals surface area contributed by atoms with E-state index in [0.717, 1.165) is 45.1 Å². The van der Waals surface area contributed by atoms with Gasteiger partial charge in [0.25, 0.3) is 5.95 Å². The maximum atomic E-state index is 13.2. The van der Waals surface area contributed by atoms with Crippen LogP contribution in [-0.4, -0.2) is 13.2 Å². The molecule has 29 heavy (non-hydrogen) atoms. The SMILES string of the molecule is O=c1c(C2CCCCN2)c(OCCCCCCc2cccs2)oc2ccccc12. The zero-order valence-corrected chi connectivity index (χ0v) is 17.6. The van der Waals surface area contributed by atoms with Gasteiger partial charge in [-0.2, -0.15) is 0 Å².